The minimum Gasteiger partial charge on any atom is -0.311 e. The molecule has 15 heavy (non-hydrogen) atoms. The molecule has 1 amide bonds. The second-order valence-corrected chi connectivity index (χ2v) is 3.22. The van der Waals surface area contributed by atoms with Crippen LogP contribution in [0, 0.1) is 22.4 Å². The van der Waals surface area contributed by atoms with Gasteiger partial charge in [0.15, 0.2) is 5.82 Å². The van der Waals surface area contributed by atoms with Gasteiger partial charge in [0, 0.05) is 27.9 Å². The van der Waals surface area contributed by atoms with Gasteiger partial charge in [0.2, 0.25) is 0 Å². The van der Waals surface area contributed by atoms with Crippen LogP contribution in [0.5, 0.6) is 0 Å². The summed E-state index contributed by atoms with van der Waals surface area (Å²) in [5.74, 6) is -0.462. The topological polar surface area (TPSA) is 29.1 Å². The number of carbonyl (C=O) groups excluding carboxylic acids is 1. The number of benzene rings is 1. The highest BCUT2D eigenvalue weighted by Crippen LogP contribution is 2.26. The first-order chi connectivity index (χ1) is 7.04. The highest BCUT2D eigenvalue weighted by molar-refractivity contribution is 9.12. The van der Waals surface area contributed by atoms with Crippen molar-refractivity contribution >= 4 is 39.1 Å². The predicted octanol–water partition coefficient (Wildman–Crippen LogP) is 2.91. The summed E-state index contributed by atoms with van der Waals surface area (Å²) in [6.45, 7) is 0. The lowest BCUT2D eigenvalue weighted by atomic mass is 10.3. The minimum atomic E-state index is -0.954. The van der Waals surface area contributed by atoms with E-state index >= 15 is 0 Å². The van der Waals surface area contributed by atoms with Crippen LogP contribution in [0.4, 0.5) is 14.5 Å². The molecule has 1 rings (SSSR count). The summed E-state index contributed by atoms with van der Waals surface area (Å²) in [5, 5.41) is 1.87. The maximum absolute atomic E-state index is 13.1. The smallest absolute Gasteiger partial charge is 0.301 e. The van der Waals surface area contributed by atoms with Gasteiger partial charge in [-0.1, -0.05) is 11.6 Å². The summed E-state index contributed by atoms with van der Waals surface area (Å²) in [5.41, 5.74) is -0.293. The Labute approximate surface area is 97.7 Å². The molecule has 2 nitrogen and oxygen atoms in total. The zero-order valence-electron chi connectivity index (χ0n) is 7.07. The fourth-order valence-corrected chi connectivity index (χ4v) is 1.27. The molecule has 0 spiro atoms. The Morgan fingerprint density at radius 3 is 2.67 bits per heavy atom. The van der Waals surface area contributed by atoms with Gasteiger partial charge in [-0.25, -0.2) is 8.78 Å². The monoisotopic (exact) mass is 293 g/mol. The van der Waals surface area contributed by atoms with E-state index in [2.05, 4.69) is 32.0 Å². The van der Waals surface area contributed by atoms with Crippen LogP contribution in [-0.2, 0) is 4.79 Å². The lowest BCUT2D eigenvalue weighted by Crippen LogP contribution is -2.10. The van der Waals surface area contributed by atoms with E-state index in [9.17, 15) is 13.6 Å². The third-order valence-corrected chi connectivity index (χ3v) is 1.90. The van der Waals surface area contributed by atoms with Gasteiger partial charge in [0.05, 0.1) is 10.7 Å². The van der Waals surface area contributed by atoms with Gasteiger partial charge in [-0.05, 0) is 10.9 Å². The van der Waals surface area contributed by atoms with E-state index in [-0.39, 0.29) is 10.7 Å². The van der Waals surface area contributed by atoms with E-state index in [0.717, 1.165) is 6.07 Å². The Bertz CT molecular complexity index is 444. The van der Waals surface area contributed by atoms with E-state index in [1.807, 2.05) is 0 Å². The molecular formula is C9H3BrClF2NO. The van der Waals surface area contributed by atoms with Crippen molar-refractivity contribution in [1.29, 1.82) is 0 Å². The fraction of sp³-hybridized carbons (Fsp3) is 0. The minimum absolute atomic E-state index is 0.225. The maximum Gasteiger partial charge on any atom is 0.301 e. The molecule has 0 aliphatic heterocycles. The number of hydrogen-bond acceptors (Lipinski definition) is 1. The largest absolute Gasteiger partial charge is 0.311 e. The number of anilines is 1. The number of amides is 1. The van der Waals surface area contributed by atoms with Gasteiger partial charge in [0.25, 0.3) is 0 Å². The molecule has 0 saturated carbocycles. The van der Waals surface area contributed by atoms with Gasteiger partial charge in [-0.2, -0.15) is 0 Å². The van der Waals surface area contributed by atoms with Crippen molar-refractivity contribution in [3.05, 3.63) is 28.8 Å². The molecule has 0 aromatic heterocycles. The van der Waals surface area contributed by atoms with E-state index < -0.39 is 17.5 Å². The summed E-state index contributed by atoms with van der Waals surface area (Å²) in [7, 11) is 0. The van der Waals surface area contributed by atoms with Crippen molar-refractivity contribution in [2.45, 2.75) is 0 Å². The molecule has 0 atom stereocenters. The van der Waals surface area contributed by atoms with Gasteiger partial charge >= 0.3 is 5.91 Å². The Morgan fingerprint density at radius 1 is 1.47 bits per heavy atom. The molecule has 0 unspecified atom stereocenters. The fourth-order valence-electron chi connectivity index (χ4n) is 0.849. The van der Waals surface area contributed by atoms with Crippen LogP contribution in [-0.4, -0.2) is 5.91 Å². The molecule has 0 radical (unpaired) electrons. The van der Waals surface area contributed by atoms with Crippen LogP contribution in [0.25, 0.3) is 0 Å². The Morgan fingerprint density at radius 2 is 2.13 bits per heavy atom. The quantitative estimate of drug-likeness (QED) is 0.793. The van der Waals surface area contributed by atoms with E-state index in [4.69, 9.17) is 11.6 Å². The third-order valence-electron chi connectivity index (χ3n) is 1.41. The van der Waals surface area contributed by atoms with Crippen molar-refractivity contribution in [2.24, 2.45) is 0 Å². The molecule has 0 heterocycles. The zero-order valence-corrected chi connectivity index (χ0v) is 9.42. The van der Waals surface area contributed by atoms with Crippen molar-refractivity contribution in [2.75, 3.05) is 5.32 Å². The number of carbonyl (C=O) groups is 1. The molecule has 6 heteroatoms. The average Bonchev–Trinajstić information content (AvgIpc) is 2.11. The first-order valence-corrected chi connectivity index (χ1v) is 4.79. The average molecular weight is 294 g/mol. The summed E-state index contributed by atoms with van der Waals surface area (Å²) >= 11 is 8.23. The molecule has 0 aliphatic carbocycles. The second kappa shape index (κ2) is 5.10. The predicted molar refractivity (Wildman–Crippen MR) is 56.7 cm³/mol. The van der Waals surface area contributed by atoms with Crippen molar-refractivity contribution < 1.29 is 13.6 Å². The van der Waals surface area contributed by atoms with Crippen LogP contribution in [0.2, 0.25) is 5.02 Å². The third kappa shape index (κ3) is 3.18. The Balaban J connectivity index is 3.03. The number of rotatable bonds is 1. The summed E-state index contributed by atoms with van der Waals surface area (Å²) < 4.78 is 25.7. The molecule has 1 N–H and O–H groups in total. The molecule has 0 bridgehead atoms. The van der Waals surface area contributed by atoms with Crippen LogP contribution >= 0.6 is 27.5 Å². The summed E-state index contributed by atoms with van der Waals surface area (Å²) in [6.07, 6.45) is 0. The molecule has 78 valence electrons. The highest BCUT2D eigenvalue weighted by atomic mass is 79.9. The first kappa shape index (κ1) is 12.0. The summed E-state index contributed by atoms with van der Waals surface area (Å²) in [4.78, 5) is 13.1. The molecular weight excluding hydrogens is 291 g/mol. The number of nitrogens with one attached hydrogen (secondary N) is 1. The second-order valence-electron chi connectivity index (χ2n) is 2.42. The number of halogens is 4. The van der Waals surface area contributed by atoms with Crippen LogP contribution in [0.15, 0.2) is 12.1 Å². The first-order valence-electron chi connectivity index (χ1n) is 3.61. The van der Waals surface area contributed by atoms with Gasteiger partial charge in [0.1, 0.15) is 5.82 Å². The van der Waals surface area contributed by atoms with Crippen LogP contribution in [0.1, 0.15) is 0 Å². The normalized spacial score (nSPS) is 9.07. The van der Waals surface area contributed by atoms with E-state index in [1.165, 1.54) is 0 Å². The molecule has 0 saturated heterocycles. The van der Waals surface area contributed by atoms with Gasteiger partial charge in [-0.15, -0.1) is 0 Å². The van der Waals surface area contributed by atoms with Gasteiger partial charge < -0.3 is 5.32 Å². The highest BCUT2D eigenvalue weighted by Gasteiger charge is 2.11. The van der Waals surface area contributed by atoms with E-state index in [0.29, 0.717) is 6.07 Å². The zero-order chi connectivity index (χ0) is 11.4. The molecule has 1 aromatic carbocycles. The molecule has 0 aliphatic rings. The number of hydrogen-bond donors (Lipinski definition) is 1. The van der Waals surface area contributed by atoms with Crippen LogP contribution in [0.3, 0.4) is 0 Å². The Kier molecular flexibility index (Phi) is 4.06. The molecule has 1 aromatic rings. The Hall–Kier alpha value is -1.12. The lowest BCUT2D eigenvalue weighted by Gasteiger charge is -2.05. The standard InChI is InChI=1S/C9H3BrClF2NO/c10-2-1-8(15)14-9-6(11)3-5(12)4-7(9)13/h3-4H,(H,14,15). The van der Waals surface area contributed by atoms with Gasteiger partial charge in [-0.3, -0.25) is 4.79 Å². The maximum atomic E-state index is 13.1. The molecule has 0 fully saturated rings. The van der Waals surface area contributed by atoms with Crippen molar-refractivity contribution in [1.82, 2.24) is 0 Å². The van der Waals surface area contributed by atoms with Crippen molar-refractivity contribution in [3.63, 3.8) is 0 Å². The SMILES string of the molecule is O=C(C#CBr)Nc1c(F)cc(F)cc1Cl. The van der Waals surface area contributed by atoms with Crippen molar-refractivity contribution in [3.8, 4) is 10.8 Å². The van der Waals surface area contributed by atoms with Crippen LogP contribution < -0.4 is 5.32 Å². The van der Waals surface area contributed by atoms with E-state index in [1.54, 1.807) is 0 Å². The lowest BCUT2D eigenvalue weighted by molar-refractivity contribution is -0.111. The summed E-state index contributed by atoms with van der Waals surface area (Å²) in [6, 6.07) is 1.50.